The second-order valence-corrected chi connectivity index (χ2v) is 5.28. The summed E-state index contributed by atoms with van der Waals surface area (Å²) in [5.74, 6) is -1.38. The van der Waals surface area contributed by atoms with Gasteiger partial charge in [-0.2, -0.15) is 0 Å². The molecule has 0 saturated carbocycles. The monoisotopic (exact) mass is 296 g/mol. The second-order valence-electron chi connectivity index (χ2n) is 4.84. The van der Waals surface area contributed by atoms with Crippen LogP contribution in [-0.2, 0) is 9.59 Å². The van der Waals surface area contributed by atoms with E-state index in [4.69, 9.17) is 16.7 Å². The molecule has 1 atom stereocenters. The first-order valence-corrected chi connectivity index (χ1v) is 6.95. The number of aliphatic carboxylic acids is 1. The van der Waals surface area contributed by atoms with E-state index in [2.05, 4.69) is 5.32 Å². The first kappa shape index (κ1) is 14.8. The van der Waals surface area contributed by atoms with Crippen molar-refractivity contribution in [2.24, 2.45) is 5.92 Å². The number of carbonyl (C=O) groups excluding carboxylic acids is 1. The van der Waals surface area contributed by atoms with Crippen molar-refractivity contribution in [1.29, 1.82) is 0 Å². The smallest absolute Gasteiger partial charge is 0.323 e. The number of amides is 1. The molecule has 1 fully saturated rings. The Morgan fingerprint density at radius 1 is 1.45 bits per heavy atom. The Morgan fingerprint density at radius 3 is 2.85 bits per heavy atom. The molecule has 1 heterocycles. The van der Waals surface area contributed by atoms with Gasteiger partial charge in [-0.3, -0.25) is 9.59 Å². The summed E-state index contributed by atoms with van der Waals surface area (Å²) in [4.78, 5) is 24.8. The van der Waals surface area contributed by atoms with E-state index in [-0.39, 0.29) is 18.4 Å². The lowest BCUT2D eigenvalue weighted by Crippen LogP contribution is -2.45. The zero-order valence-electron chi connectivity index (χ0n) is 11.0. The zero-order valence-corrected chi connectivity index (χ0v) is 11.8. The Bertz CT molecular complexity index is 501. The maximum absolute atomic E-state index is 12.5. The highest BCUT2D eigenvalue weighted by Gasteiger charge is 2.28. The standard InChI is InChI=1S/C14H17ClN2O3/c15-11-4-1-5-12(7-11)17(9-13(18)19)14(20)10-3-2-6-16-8-10/h1,4-5,7,10,16H,2-3,6,8-9H2,(H,18,19). The van der Waals surface area contributed by atoms with Gasteiger partial charge in [0.05, 0.1) is 5.92 Å². The molecule has 20 heavy (non-hydrogen) atoms. The molecule has 5 nitrogen and oxygen atoms in total. The number of anilines is 1. The fourth-order valence-corrected chi connectivity index (χ4v) is 2.54. The number of halogens is 1. The Balaban J connectivity index is 2.22. The van der Waals surface area contributed by atoms with Crippen molar-refractivity contribution in [3.8, 4) is 0 Å². The molecule has 1 aliphatic rings. The van der Waals surface area contributed by atoms with Gasteiger partial charge in [0.2, 0.25) is 5.91 Å². The van der Waals surface area contributed by atoms with E-state index >= 15 is 0 Å². The third-order valence-electron chi connectivity index (χ3n) is 3.33. The average Bonchev–Trinajstić information content (AvgIpc) is 2.45. The molecule has 0 spiro atoms. The topological polar surface area (TPSA) is 69.6 Å². The third-order valence-corrected chi connectivity index (χ3v) is 3.56. The quantitative estimate of drug-likeness (QED) is 0.888. The molecule has 1 aliphatic heterocycles. The number of carbonyl (C=O) groups is 2. The maximum atomic E-state index is 12.5. The van der Waals surface area contributed by atoms with E-state index in [1.54, 1.807) is 24.3 Å². The molecule has 1 unspecified atom stereocenters. The summed E-state index contributed by atoms with van der Waals surface area (Å²) < 4.78 is 0. The number of carboxylic acid groups (broad SMARTS) is 1. The highest BCUT2D eigenvalue weighted by Crippen LogP contribution is 2.23. The summed E-state index contributed by atoms with van der Waals surface area (Å²) in [6, 6.07) is 6.71. The highest BCUT2D eigenvalue weighted by molar-refractivity contribution is 6.31. The first-order valence-electron chi connectivity index (χ1n) is 6.57. The normalized spacial score (nSPS) is 18.6. The van der Waals surface area contributed by atoms with Crippen LogP contribution >= 0.6 is 11.6 Å². The number of hydrogen-bond acceptors (Lipinski definition) is 3. The van der Waals surface area contributed by atoms with Gasteiger partial charge in [0.1, 0.15) is 6.54 Å². The van der Waals surface area contributed by atoms with Crippen molar-refractivity contribution in [3.05, 3.63) is 29.3 Å². The average molecular weight is 297 g/mol. The molecule has 1 aromatic rings. The van der Waals surface area contributed by atoms with Gasteiger partial charge in [0, 0.05) is 17.3 Å². The summed E-state index contributed by atoms with van der Waals surface area (Å²) in [7, 11) is 0. The van der Waals surface area contributed by atoms with Crippen molar-refractivity contribution in [2.45, 2.75) is 12.8 Å². The molecule has 0 radical (unpaired) electrons. The van der Waals surface area contributed by atoms with Crippen LogP contribution in [-0.4, -0.2) is 36.6 Å². The number of piperidine rings is 1. The van der Waals surface area contributed by atoms with E-state index < -0.39 is 5.97 Å². The molecule has 1 aromatic carbocycles. The fraction of sp³-hybridized carbons (Fsp3) is 0.429. The highest BCUT2D eigenvalue weighted by atomic mass is 35.5. The molecule has 1 amide bonds. The molecule has 1 saturated heterocycles. The lowest BCUT2D eigenvalue weighted by atomic mass is 9.98. The van der Waals surface area contributed by atoms with Gasteiger partial charge in [-0.05, 0) is 37.6 Å². The molecule has 2 rings (SSSR count). The SMILES string of the molecule is O=C(O)CN(C(=O)C1CCCNC1)c1cccc(Cl)c1. The predicted octanol–water partition coefficient (Wildman–Crippen LogP) is 1.76. The lowest BCUT2D eigenvalue weighted by molar-refractivity contribution is -0.137. The molecule has 0 bridgehead atoms. The lowest BCUT2D eigenvalue weighted by Gasteiger charge is -2.28. The van der Waals surface area contributed by atoms with Crippen LogP contribution in [0.3, 0.4) is 0 Å². The predicted molar refractivity (Wildman–Crippen MR) is 77.0 cm³/mol. The maximum Gasteiger partial charge on any atom is 0.323 e. The summed E-state index contributed by atoms with van der Waals surface area (Å²) in [5, 5.41) is 12.7. The van der Waals surface area contributed by atoms with Gasteiger partial charge in [-0.15, -0.1) is 0 Å². The van der Waals surface area contributed by atoms with Crippen LogP contribution in [0, 0.1) is 5.92 Å². The number of carboxylic acids is 1. The van der Waals surface area contributed by atoms with Crippen molar-refractivity contribution in [1.82, 2.24) is 5.32 Å². The van der Waals surface area contributed by atoms with Crippen molar-refractivity contribution >= 4 is 29.2 Å². The van der Waals surface area contributed by atoms with E-state index in [0.717, 1.165) is 19.4 Å². The number of rotatable bonds is 4. The number of nitrogens with zero attached hydrogens (tertiary/aromatic N) is 1. The van der Waals surface area contributed by atoms with Crippen LogP contribution in [0.2, 0.25) is 5.02 Å². The van der Waals surface area contributed by atoms with E-state index in [1.165, 1.54) is 4.90 Å². The fourth-order valence-electron chi connectivity index (χ4n) is 2.36. The largest absolute Gasteiger partial charge is 0.480 e. The molecular formula is C14H17ClN2O3. The summed E-state index contributed by atoms with van der Waals surface area (Å²) in [5.41, 5.74) is 0.524. The van der Waals surface area contributed by atoms with Crippen LogP contribution < -0.4 is 10.2 Å². The Kier molecular flexibility index (Phi) is 4.98. The van der Waals surface area contributed by atoms with Gasteiger partial charge in [0.15, 0.2) is 0 Å². The zero-order chi connectivity index (χ0) is 14.5. The number of hydrogen-bond donors (Lipinski definition) is 2. The molecule has 2 N–H and O–H groups in total. The van der Waals surface area contributed by atoms with Crippen molar-refractivity contribution in [3.63, 3.8) is 0 Å². The molecule has 0 aliphatic carbocycles. The number of nitrogens with one attached hydrogen (secondary N) is 1. The van der Waals surface area contributed by atoms with Gasteiger partial charge in [-0.25, -0.2) is 0 Å². The minimum Gasteiger partial charge on any atom is -0.480 e. The van der Waals surface area contributed by atoms with E-state index in [0.29, 0.717) is 17.3 Å². The second kappa shape index (κ2) is 6.72. The number of benzene rings is 1. The molecular weight excluding hydrogens is 280 g/mol. The third kappa shape index (κ3) is 3.71. The van der Waals surface area contributed by atoms with Gasteiger partial charge in [-0.1, -0.05) is 17.7 Å². The minimum absolute atomic E-state index is 0.165. The van der Waals surface area contributed by atoms with Crippen molar-refractivity contribution in [2.75, 3.05) is 24.5 Å². The van der Waals surface area contributed by atoms with Crippen LogP contribution in [0.15, 0.2) is 24.3 Å². The Hall–Kier alpha value is -1.59. The molecule has 0 aromatic heterocycles. The van der Waals surface area contributed by atoms with Crippen LogP contribution in [0.5, 0.6) is 0 Å². The van der Waals surface area contributed by atoms with Gasteiger partial charge >= 0.3 is 5.97 Å². The van der Waals surface area contributed by atoms with E-state index in [1.807, 2.05) is 0 Å². The van der Waals surface area contributed by atoms with Crippen LogP contribution in [0.1, 0.15) is 12.8 Å². The summed E-state index contributed by atoms with van der Waals surface area (Å²) in [6.07, 6.45) is 1.70. The van der Waals surface area contributed by atoms with E-state index in [9.17, 15) is 9.59 Å². The van der Waals surface area contributed by atoms with Crippen molar-refractivity contribution < 1.29 is 14.7 Å². The van der Waals surface area contributed by atoms with Crippen LogP contribution in [0.25, 0.3) is 0 Å². The molecule has 6 heteroatoms. The summed E-state index contributed by atoms with van der Waals surface area (Å²) >= 11 is 5.92. The Morgan fingerprint density at radius 2 is 2.25 bits per heavy atom. The van der Waals surface area contributed by atoms with Gasteiger partial charge in [0.25, 0.3) is 0 Å². The minimum atomic E-state index is -1.04. The van der Waals surface area contributed by atoms with Crippen LogP contribution in [0.4, 0.5) is 5.69 Å². The molecule has 108 valence electrons. The van der Waals surface area contributed by atoms with Gasteiger partial charge < -0.3 is 15.3 Å². The Labute approximate surface area is 122 Å². The first-order chi connectivity index (χ1) is 9.58. The summed E-state index contributed by atoms with van der Waals surface area (Å²) in [6.45, 7) is 1.14.